The number of hydrogen-bond acceptors (Lipinski definition) is 6. The van der Waals surface area contributed by atoms with Crippen LogP contribution in [0.3, 0.4) is 0 Å². The summed E-state index contributed by atoms with van der Waals surface area (Å²) in [4.78, 5) is 8.51. The number of nitrogens with zero attached hydrogens (tertiary/aromatic N) is 2. The topological polar surface area (TPSA) is 81.2 Å². The van der Waals surface area contributed by atoms with Gasteiger partial charge in [0.1, 0.15) is 11.6 Å². The van der Waals surface area contributed by atoms with Crippen LogP contribution in [0.2, 0.25) is 0 Å². The number of aromatic nitrogens is 2. The molecule has 3 rings (SSSR count). The van der Waals surface area contributed by atoms with Crippen molar-refractivity contribution in [2.75, 3.05) is 18.7 Å². The van der Waals surface area contributed by atoms with Crippen LogP contribution in [-0.4, -0.2) is 31.8 Å². The first kappa shape index (κ1) is 15.7. The van der Waals surface area contributed by atoms with Gasteiger partial charge in [-0.15, -0.1) is 0 Å². The molecular weight excluding hydrogens is 314 g/mol. The molecule has 1 aromatic carbocycles. The van der Waals surface area contributed by atoms with Crippen molar-refractivity contribution in [1.82, 2.24) is 9.97 Å². The number of methoxy groups -OCH3 is 1. The van der Waals surface area contributed by atoms with Gasteiger partial charge in [0.05, 0.1) is 12.8 Å². The van der Waals surface area contributed by atoms with Crippen molar-refractivity contribution in [3.8, 4) is 5.75 Å². The lowest BCUT2D eigenvalue weighted by Gasteiger charge is -2.19. The van der Waals surface area contributed by atoms with Gasteiger partial charge in [-0.25, -0.2) is 18.4 Å². The fourth-order valence-electron chi connectivity index (χ4n) is 2.65. The molecule has 2 aromatic rings. The Hall–Kier alpha value is -2.15. The van der Waals surface area contributed by atoms with E-state index in [9.17, 15) is 8.42 Å². The minimum absolute atomic E-state index is 0.117. The predicted octanol–water partition coefficient (Wildman–Crippen LogP) is 2.51. The highest BCUT2D eigenvalue weighted by Crippen LogP contribution is 2.29. The molecule has 23 heavy (non-hydrogen) atoms. The fourth-order valence-corrected chi connectivity index (χ4v) is 3.18. The van der Waals surface area contributed by atoms with Gasteiger partial charge in [-0.05, 0) is 49.9 Å². The van der Waals surface area contributed by atoms with Gasteiger partial charge in [0.15, 0.2) is 0 Å². The van der Waals surface area contributed by atoms with Crippen LogP contribution < -0.4 is 10.1 Å². The van der Waals surface area contributed by atoms with E-state index in [4.69, 9.17) is 4.74 Å². The van der Waals surface area contributed by atoms with Crippen molar-refractivity contribution in [3.05, 3.63) is 35.5 Å². The molecule has 0 amide bonds. The summed E-state index contributed by atoms with van der Waals surface area (Å²) in [5.41, 5.74) is 2.68. The molecule has 6 nitrogen and oxygen atoms in total. The number of benzene rings is 1. The molecule has 0 spiro atoms. The minimum Gasteiger partial charge on any atom is -0.497 e. The molecule has 0 aliphatic heterocycles. The molecule has 0 saturated heterocycles. The predicted molar refractivity (Wildman–Crippen MR) is 88.1 cm³/mol. The minimum atomic E-state index is -3.44. The van der Waals surface area contributed by atoms with Gasteiger partial charge in [0, 0.05) is 17.5 Å². The second-order valence-corrected chi connectivity index (χ2v) is 7.52. The average Bonchev–Trinajstić information content (AvgIpc) is 2.54. The van der Waals surface area contributed by atoms with Crippen LogP contribution in [0, 0.1) is 0 Å². The van der Waals surface area contributed by atoms with Crippen LogP contribution in [0.4, 0.5) is 11.5 Å². The monoisotopic (exact) mass is 333 g/mol. The number of hydrogen-bond donors (Lipinski definition) is 1. The van der Waals surface area contributed by atoms with E-state index in [2.05, 4.69) is 15.3 Å². The average molecular weight is 333 g/mol. The largest absolute Gasteiger partial charge is 0.497 e. The normalized spacial score (nSPS) is 14.2. The number of rotatable bonds is 4. The van der Waals surface area contributed by atoms with Crippen LogP contribution in [-0.2, 0) is 22.7 Å². The van der Waals surface area contributed by atoms with Gasteiger partial charge in [0.2, 0.25) is 15.0 Å². The molecule has 0 unspecified atom stereocenters. The van der Waals surface area contributed by atoms with Crippen molar-refractivity contribution in [2.24, 2.45) is 0 Å². The third-order valence-corrected chi connectivity index (χ3v) is 4.69. The molecule has 0 radical (unpaired) electrons. The summed E-state index contributed by atoms with van der Waals surface area (Å²) in [5, 5.41) is 3.11. The highest BCUT2D eigenvalue weighted by molar-refractivity contribution is 7.90. The molecule has 1 N–H and O–H groups in total. The second kappa shape index (κ2) is 6.16. The first-order valence-electron chi connectivity index (χ1n) is 7.48. The summed E-state index contributed by atoms with van der Waals surface area (Å²) in [5.74, 6) is 1.34. The summed E-state index contributed by atoms with van der Waals surface area (Å²) < 4.78 is 28.8. The number of aryl methyl sites for hydroxylation is 1. The number of fused-ring (bicyclic) bond motifs is 1. The summed E-state index contributed by atoms with van der Waals surface area (Å²) >= 11 is 0. The molecule has 1 heterocycles. The third kappa shape index (κ3) is 3.44. The maximum absolute atomic E-state index is 11.8. The van der Waals surface area contributed by atoms with Gasteiger partial charge >= 0.3 is 0 Å². The van der Waals surface area contributed by atoms with E-state index in [0.717, 1.165) is 54.6 Å². The van der Waals surface area contributed by atoms with Crippen LogP contribution in [0.1, 0.15) is 24.1 Å². The van der Waals surface area contributed by atoms with E-state index >= 15 is 0 Å². The zero-order valence-electron chi connectivity index (χ0n) is 13.2. The van der Waals surface area contributed by atoms with E-state index in [1.807, 2.05) is 24.3 Å². The number of sulfone groups is 1. The Morgan fingerprint density at radius 3 is 2.43 bits per heavy atom. The van der Waals surface area contributed by atoms with E-state index in [1.165, 1.54) is 0 Å². The van der Waals surface area contributed by atoms with Crippen LogP contribution >= 0.6 is 0 Å². The van der Waals surface area contributed by atoms with Gasteiger partial charge in [-0.1, -0.05) is 0 Å². The van der Waals surface area contributed by atoms with E-state index in [-0.39, 0.29) is 5.16 Å². The quantitative estimate of drug-likeness (QED) is 0.866. The molecule has 7 heteroatoms. The van der Waals surface area contributed by atoms with Crippen molar-refractivity contribution in [3.63, 3.8) is 0 Å². The summed E-state index contributed by atoms with van der Waals surface area (Å²) in [7, 11) is -1.83. The molecular formula is C16H19N3O3S. The Bertz CT molecular complexity index is 817. The molecule has 1 aliphatic rings. The van der Waals surface area contributed by atoms with Crippen molar-refractivity contribution in [2.45, 2.75) is 30.8 Å². The first-order valence-corrected chi connectivity index (χ1v) is 9.37. The number of nitrogens with one attached hydrogen (secondary N) is 1. The van der Waals surface area contributed by atoms with Gasteiger partial charge in [-0.2, -0.15) is 0 Å². The van der Waals surface area contributed by atoms with Gasteiger partial charge in [0.25, 0.3) is 0 Å². The Morgan fingerprint density at radius 1 is 1.09 bits per heavy atom. The first-order chi connectivity index (χ1) is 11.0. The SMILES string of the molecule is COc1ccc(Nc2nc(S(C)(=O)=O)nc3c2CCCC3)cc1. The number of ether oxygens (including phenoxy) is 1. The van der Waals surface area contributed by atoms with Crippen LogP contribution in [0.5, 0.6) is 5.75 Å². The highest BCUT2D eigenvalue weighted by Gasteiger charge is 2.21. The Labute approximate surface area is 135 Å². The fraction of sp³-hybridized carbons (Fsp3) is 0.375. The zero-order valence-corrected chi connectivity index (χ0v) is 14.0. The maximum Gasteiger partial charge on any atom is 0.249 e. The molecule has 1 aromatic heterocycles. The molecule has 0 fully saturated rings. The standard InChI is InChI=1S/C16H19N3O3S/c1-22-12-9-7-11(8-10-12)17-15-13-5-3-4-6-14(13)18-16(19-15)23(2,20)21/h7-10H,3-6H2,1-2H3,(H,17,18,19). The van der Waals surface area contributed by atoms with E-state index in [1.54, 1.807) is 7.11 Å². The van der Waals surface area contributed by atoms with Gasteiger partial charge < -0.3 is 10.1 Å². The Kier molecular flexibility index (Phi) is 4.21. The maximum atomic E-state index is 11.8. The molecule has 0 atom stereocenters. The lowest BCUT2D eigenvalue weighted by molar-refractivity contribution is 0.415. The lowest BCUT2D eigenvalue weighted by atomic mass is 9.96. The molecule has 1 aliphatic carbocycles. The lowest BCUT2D eigenvalue weighted by Crippen LogP contribution is -2.15. The second-order valence-electron chi connectivity index (χ2n) is 5.61. The third-order valence-electron chi connectivity index (χ3n) is 3.85. The van der Waals surface area contributed by atoms with Crippen molar-refractivity contribution in [1.29, 1.82) is 0 Å². The van der Waals surface area contributed by atoms with Crippen molar-refractivity contribution >= 4 is 21.3 Å². The molecule has 0 saturated carbocycles. The molecule has 0 bridgehead atoms. The van der Waals surface area contributed by atoms with Crippen LogP contribution in [0.15, 0.2) is 29.4 Å². The van der Waals surface area contributed by atoms with Crippen molar-refractivity contribution < 1.29 is 13.2 Å². The smallest absolute Gasteiger partial charge is 0.249 e. The summed E-state index contributed by atoms with van der Waals surface area (Å²) in [6.45, 7) is 0. The summed E-state index contributed by atoms with van der Waals surface area (Å²) in [6, 6.07) is 7.42. The zero-order chi connectivity index (χ0) is 16.4. The Balaban J connectivity index is 2.02. The van der Waals surface area contributed by atoms with Crippen LogP contribution in [0.25, 0.3) is 0 Å². The highest BCUT2D eigenvalue weighted by atomic mass is 32.2. The number of anilines is 2. The van der Waals surface area contributed by atoms with E-state index in [0.29, 0.717) is 5.82 Å². The van der Waals surface area contributed by atoms with E-state index < -0.39 is 9.84 Å². The Morgan fingerprint density at radius 2 is 1.78 bits per heavy atom. The summed E-state index contributed by atoms with van der Waals surface area (Å²) in [6.07, 6.45) is 4.87. The van der Waals surface area contributed by atoms with Gasteiger partial charge in [-0.3, -0.25) is 0 Å². The molecule has 122 valence electrons.